The molecule has 0 radical (unpaired) electrons. The topological polar surface area (TPSA) is 9.23 Å². The summed E-state index contributed by atoms with van der Waals surface area (Å²) in [5, 5.41) is 0. The van der Waals surface area contributed by atoms with Gasteiger partial charge in [0.25, 0.3) is 0 Å². The summed E-state index contributed by atoms with van der Waals surface area (Å²) < 4.78 is 5.92. The molecule has 0 saturated carbocycles. The Labute approximate surface area is 69.1 Å². The van der Waals surface area contributed by atoms with Crippen molar-refractivity contribution in [2.45, 2.75) is 39.9 Å². The molecule has 2 saturated heterocycles. The molecule has 2 heterocycles. The summed E-state index contributed by atoms with van der Waals surface area (Å²) >= 11 is 0. The number of hydrogen-bond acceptors (Lipinski definition) is 1. The van der Waals surface area contributed by atoms with Crippen LogP contribution in [0.4, 0.5) is 0 Å². The molecule has 64 valence electrons. The first-order valence-corrected chi connectivity index (χ1v) is 4.78. The van der Waals surface area contributed by atoms with Gasteiger partial charge in [-0.05, 0) is 23.7 Å². The SMILES string of the molecule is CC1C(C)C2OC1C(C)C2C. The first-order valence-electron chi connectivity index (χ1n) is 4.78. The van der Waals surface area contributed by atoms with Crippen molar-refractivity contribution in [3.8, 4) is 0 Å². The van der Waals surface area contributed by atoms with Crippen LogP contribution >= 0.6 is 0 Å². The van der Waals surface area contributed by atoms with Crippen LogP contribution in [0.3, 0.4) is 0 Å². The van der Waals surface area contributed by atoms with Gasteiger partial charge in [0.15, 0.2) is 0 Å². The molecule has 2 aliphatic rings. The van der Waals surface area contributed by atoms with E-state index in [1.807, 2.05) is 0 Å². The van der Waals surface area contributed by atoms with Crippen molar-refractivity contribution >= 4 is 0 Å². The lowest BCUT2D eigenvalue weighted by Crippen LogP contribution is -2.34. The minimum absolute atomic E-state index is 0.560. The third-order valence-corrected chi connectivity index (χ3v) is 4.05. The maximum absolute atomic E-state index is 5.92. The van der Waals surface area contributed by atoms with Gasteiger partial charge in [-0.2, -0.15) is 0 Å². The van der Waals surface area contributed by atoms with Crippen molar-refractivity contribution in [3.63, 3.8) is 0 Å². The normalized spacial score (nSPS) is 62.2. The molecule has 2 aliphatic heterocycles. The van der Waals surface area contributed by atoms with Gasteiger partial charge in [0, 0.05) is 0 Å². The van der Waals surface area contributed by atoms with Gasteiger partial charge >= 0.3 is 0 Å². The van der Waals surface area contributed by atoms with Crippen molar-refractivity contribution in [1.82, 2.24) is 0 Å². The van der Waals surface area contributed by atoms with Gasteiger partial charge in [-0.25, -0.2) is 0 Å². The summed E-state index contributed by atoms with van der Waals surface area (Å²) in [5.41, 5.74) is 0. The van der Waals surface area contributed by atoms with Gasteiger partial charge in [0.2, 0.25) is 0 Å². The van der Waals surface area contributed by atoms with Crippen molar-refractivity contribution in [2.75, 3.05) is 0 Å². The number of rotatable bonds is 0. The monoisotopic (exact) mass is 154 g/mol. The van der Waals surface area contributed by atoms with Crippen LogP contribution in [0.5, 0.6) is 0 Å². The maximum Gasteiger partial charge on any atom is 0.0637 e. The highest BCUT2D eigenvalue weighted by Crippen LogP contribution is 2.49. The molecule has 1 heteroatoms. The molecule has 0 amide bonds. The predicted octanol–water partition coefficient (Wildman–Crippen LogP) is 2.31. The van der Waals surface area contributed by atoms with Crippen LogP contribution < -0.4 is 0 Å². The molecule has 1 nitrogen and oxygen atoms in total. The van der Waals surface area contributed by atoms with Crippen LogP contribution in [-0.4, -0.2) is 12.2 Å². The van der Waals surface area contributed by atoms with Crippen molar-refractivity contribution in [1.29, 1.82) is 0 Å². The molecule has 2 fully saturated rings. The fraction of sp³-hybridized carbons (Fsp3) is 1.00. The highest BCUT2D eigenvalue weighted by Gasteiger charge is 2.52. The zero-order valence-corrected chi connectivity index (χ0v) is 7.87. The lowest BCUT2D eigenvalue weighted by atomic mass is 9.71. The quantitative estimate of drug-likeness (QED) is 0.520. The molecular weight excluding hydrogens is 136 g/mol. The molecule has 4 unspecified atom stereocenters. The van der Waals surface area contributed by atoms with Crippen LogP contribution in [0.25, 0.3) is 0 Å². The van der Waals surface area contributed by atoms with E-state index >= 15 is 0 Å². The van der Waals surface area contributed by atoms with Crippen LogP contribution in [0.15, 0.2) is 0 Å². The van der Waals surface area contributed by atoms with Crippen molar-refractivity contribution < 1.29 is 4.74 Å². The largest absolute Gasteiger partial charge is 0.374 e. The molecule has 0 aromatic rings. The summed E-state index contributed by atoms with van der Waals surface area (Å²) in [7, 11) is 0. The zero-order valence-electron chi connectivity index (χ0n) is 7.87. The second-order valence-electron chi connectivity index (χ2n) is 4.50. The van der Waals surface area contributed by atoms with E-state index in [1.54, 1.807) is 0 Å². The minimum Gasteiger partial charge on any atom is -0.374 e. The first kappa shape index (κ1) is 7.60. The molecule has 4 atom stereocenters. The van der Waals surface area contributed by atoms with Gasteiger partial charge in [0.1, 0.15) is 0 Å². The van der Waals surface area contributed by atoms with Gasteiger partial charge in [-0.15, -0.1) is 0 Å². The highest BCUT2D eigenvalue weighted by atomic mass is 16.5. The summed E-state index contributed by atoms with van der Waals surface area (Å²) in [6.45, 7) is 9.32. The maximum atomic E-state index is 5.92. The van der Waals surface area contributed by atoms with Crippen LogP contribution in [-0.2, 0) is 4.74 Å². The lowest BCUT2D eigenvalue weighted by Gasteiger charge is -2.30. The summed E-state index contributed by atoms with van der Waals surface area (Å²) in [6.07, 6.45) is 1.12. The Morgan fingerprint density at radius 1 is 0.636 bits per heavy atom. The first-order chi connectivity index (χ1) is 5.13. The van der Waals surface area contributed by atoms with E-state index in [4.69, 9.17) is 4.74 Å². The third-order valence-electron chi connectivity index (χ3n) is 4.05. The van der Waals surface area contributed by atoms with E-state index in [2.05, 4.69) is 27.7 Å². The van der Waals surface area contributed by atoms with E-state index < -0.39 is 0 Å². The molecule has 0 aromatic carbocycles. The second kappa shape index (κ2) is 2.22. The number of ether oxygens (including phenoxy) is 1. The molecule has 11 heavy (non-hydrogen) atoms. The average Bonchev–Trinajstić information content (AvgIpc) is 2.40. The number of fused-ring (bicyclic) bond motifs is 2. The van der Waals surface area contributed by atoms with Crippen LogP contribution in [0.1, 0.15) is 27.7 Å². The average molecular weight is 154 g/mol. The summed E-state index contributed by atoms with van der Waals surface area (Å²) in [4.78, 5) is 0. The van der Waals surface area contributed by atoms with E-state index in [-0.39, 0.29) is 0 Å². The Kier molecular flexibility index (Phi) is 1.54. The summed E-state index contributed by atoms with van der Waals surface area (Å²) in [5.74, 6) is 3.13. The van der Waals surface area contributed by atoms with E-state index in [9.17, 15) is 0 Å². The van der Waals surface area contributed by atoms with Gasteiger partial charge in [-0.1, -0.05) is 27.7 Å². The molecule has 2 rings (SSSR count). The Balaban J connectivity index is 2.21. The van der Waals surface area contributed by atoms with Crippen LogP contribution in [0, 0.1) is 23.7 Å². The Hall–Kier alpha value is -0.0400. The molecule has 0 aromatic heterocycles. The van der Waals surface area contributed by atoms with E-state index in [0.717, 1.165) is 23.7 Å². The Morgan fingerprint density at radius 3 is 1.09 bits per heavy atom. The van der Waals surface area contributed by atoms with E-state index in [0.29, 0.717) is 12.2 Å². The smallest absolute Gasteiger partial charge is 0.0637 e. The van der Waals surface area contributed by atoms with Crippen molar-refractivity contribution in [2.24, 2.45) is 23.7 Å². The molecular formula is C10H18O. The second-order valence-corrected chi connectivity index (χ2v) is 4.50. The van der Waals surface area contributed by atoms with Gasteiger partial charge in [0.05, 0.1) is 12.2 Å². The molecule has 0 N–H and O–H groups in total. The van der Waals surface area contributed by atoms with Crippen LogP contribution in [0.2, 0.25) is 0 Å². The molecule has 0 spiro atoms. The lowest BCUT2D eigenvalue weighted by molar-refractivity contribution is 0.0748. The fourth-order valence-electron chi connectivity index (χ4n) is 2.83. The third kappa shape index (κ3) is 0.807. The number of hydrogen-bond donors (Lipinski definition) is 0. The molecule has 0 aliphatic carbocycles. The summed E-state index contributed by atoms with van der Waals surface area (Å²) in [6, 6.07) is 0. The Morgan fingerprint density at radius 2 is 0.909 bits per heavy atom. The minimum atomic E-state index is 0.560. The Bertz CT molecular complexity index is 132. The van der Waals surface area contributed by atoms with Gasteiger partial charge in [-0.3, -0.25) is 0 Å². The predicted molar refractivity (Wildman–Crippen MR) is 45.3 cm³/mol. The van der Waals surface area contributed by atoms with E-state index in [1.165, 1.54) is 0 Å². The highest BCUT2D eigenvalue weighted by molar-refractivity contribution is 4.99. The zero-order chi connectivity index (χ0) is 8.17. The molecule has 2 bridgehead atoms. The fourth-order valence-corrected chi connectivity index (χ4v) is 2.83. The standard InChI is InChI=1S/C10H18O/c1-5-6(2)10-8(4)7(3)9(5)11-10/h5-10H,1-4H3. The van der Waals surface area contributed by atoms with Crippen molar-refractivity contribution in [3.05, 3.63) is 0 Å². The van der Waals surface area contributed by atoms with Gasteiger partial charge < -0.3 is 4.74 Å².